The van der Waals surface area contributed by atoms with E-state index in [-0.39, 0.29) is 6.04 Å². The van der Waals surface area contributed by atoms with Crippen LogP contribution in [0.3, 0.4) is 0 Å². The third-order valence-corrected chi connectivity index (χ3v) is 8.61. The molecule has 0 saturated carbocycles. The monoisotopic (exact) mass is 543 g/mol. The van der Waals surface area contributed by atoms with Crippen LogP contribution in [-0.2, 0) is 4.84 Å². The molecule has 9 nitrogen and oxygen atoms in total. The minimum atomic E-state index is 0.125. The van der Waals surface area contributed by atoms with Crippen molar-refractivity contribution in [2.75, 3.05) is 68.8 Å². The number of ether oxygens (including phenoxy) is 1. The van der Waals surface area contributed by atoms with Gasteiger partial charge in [-0.15, -0.1) is 0 Å². The molecule has 2 unspecified atom stereocenters. The normalized spacial score (nSPS) is 23.0. The van der Waals surface area contributed by atoms with Gasteiger partial charge in [0.2, 0.25) is 0 Å². The van der Waals surface area contributed by atoms with Gasteiger partial charge in [0.05, 0.1) is 25.4 Å². The molecule has 3 saturated heterocycles. The average Bonchev–Trinajstić information content (AvgIpc) is 3.49. The fraction of sp³-hybridized carbons (Fsp3) is 0.484. The van der Waals surface area contributed by atoms with Gasteiger partial charge in [0.25, 0.3) is 0 Å². The number of anilines is 4. The van der Waals surface area contributed by atoms with E-state index in [1.165, 1.54) is 37.2 Å². The summed E-state index contributed by atoms with van der Waals surface area (Å²) in [6.07, 6.45) is 5.04. The number of methoxy groups -OCH3 is 1. The number of rotatable bonds is 7. The first-order chi connectivity index (χ1) is 19.6. The number of piperidine rings is 1. The van der Waals surface area contributed by atoms with Crippen LogP contribution in [0.25, 0.3) is 0 Å². The SMILES string of the molecule is COc1cc(N2CCN(C3CCN(C)CC3)CC2C)ccc1Nc1cc(N2OCCC2c2ccccc2)ncn1. The minimum Gasteiger partial charge on any atom is -0.494 e. The van der Waals surface area contributed by atoms with Crippen molar-refractivity contribution in [3.63, 3.8) is 0 Å². The summed E-state index contributed by atoms with van der Waals surface area (Å²) in [5.41, 5.74) is 3.28. The quantitative estimate of drug-likeness (QED) is 0.456. The molecule has 1 N–H and O–H groups in total. The van der Waals surface area contributed by atoms with Gasteiger partial charge in [0.1, 0.15) is 17.9 Å². The molecule has 3 fully saturated rings. The van der Waals surface area contributed by atoms with Gasteiger partial charge in [-0.1, -0.05) is 30.3 Å². The summed E-state index contributed by atoms with van der Waals surface area (Å²) >= 11 is 0. The Bertz CT molecular complexity index is 1270. The zero-order valence-electron chi connectivity index (χ0n) is 23.9. The maximum absolute atomic E-state index is 5.98. The summed E-state index contributed by atoms with van der Waals surface area (Å²) in [6.45, 7) is 8.64. The van der Waals surface area contributed by atoms with Gasteiger partial charge in [0.15, 0.2) is 5.82 Å². The molecule has 3 aromatic rings. The van der Waals surface area contributed by atoms with E-state index in [0.717, 1.165) is 43.3 Å². The highest BCUT2D eigenvalue weighted by atomic mass is 16.7. The molecule has 0 spiro atoms. The summed E-state index contributed by atoms with van der Waals surface area (Å²) in [5.74, 6) is 2.22. The van der Waals surface area contributed by atoms with E-state index < -0.39 is 0 Å². The van der Waals surface area contributed by atoms with Gasteiger partial charge < -0.3 is 19.9 Å². The van der Waals surface area contributed by atoms with Gasteiger partial charge in [-0.05, 0) is 57.6 Å². The lowest BCUT2D eigenvalue weighted by molar-refractivity contribution is 0.104. The Balaban J connectivity index is 1.14. The van der Waals surface area contributed by atoms with E-state index in [4.69, 9.17) is 9.57 Å². The Morgan fingerprint density at radius 2 is 1.77 bits per heavy atom. The van der Waals surface area contributed by atoms with Crippen LogP contribution >= 0.6 is 0 Å². The van der Waals surface area contributed by atoms with Crippen LogP contribution in [0.5, 0.6) is 5.75 Å². The van der Waals surface area contributed by atoms with Crippen molar-refractivity contribution in [3.8, 4) is 5.75 Å². The van der Waals surface area contributed by atoms with Crippen molar-refractivity contribution in [2.24, 2.45) is 0 Å². The Labute approximate surface area is 237 Å². The zero-order valence-corrected chi connectivity index (χ0v) is 23.9. The molecule has 0 amide bonds. The van der Waals surface area contributed by atoms with Crippen LogP contribution in [0.4, 0.5) is 23.0 Å². The first-order valence-corrected chi connectivity index (χ1v) is 14.5. The molecular formula is C31H41N7O2. The standard InChI is InChI=1S/C31H41N7O2/c1-23-21-36(25-11-14-35(2)15-12-25)16-17-37(23)26-9-10-27(29(19-26)39-3)34-30-20-31(33-22-32-30)38-28(13-18-40-38)24-7-5-4-6-8-24/h4-10,19-20,22-23,25,28H,11-18,21H2,1-3H3,(H,32,33,34). The predicted octanol–water partition coefficient (Wildman–Crippen LogP) is 4.72. The third kappa shape index (κ3) is 5.73. The number of nitrogens with one attached hydrogen (secondary N) is 1. The largest absolute Gasteiger partial charge is 0.494 e. The molecule has 2 aromatic carbocycles. The number of piperazine rings is 1. The topological polar surface area (TPSA) is 69.2 Å². The highest BCUT2D eigenvalue weighted by Crippen LogP contribution is 2.36. The summed E-state index contributed by atoms with van der Waals surface area (Å²) < 4.78 is 5.83. The highest BCUT2D eigenvalue weighted by Gasteiger charge is 2.31. The molecule has 0 radical (unpaired) electrons. The molecule has 6 rings (SSSR count). The second-order valence-corrected chi connectivity index (χ2v) is 11.2. The Morgan fingerprint density at radius 3 is 2.55 bits per heavy atom. The molecule has 212 valence electrons. The number of likely N-dealkylation sites (tertiary alicyclic amines) is 1. The van der Waals surface area contributed by atoms with Crippen molar-refractivity contribution in [2.45, 2.75) is 44.3 Å². The molecule has 0 aliphatic carbocycles. The van der Waals surface area contributed by atoms with Gasteiger partial charge >= 0.3 is 0 Å². The molecule has 9 heteroatoms. The highest BCUT2D eigenvalue weighted by molar-refractivity contribution is 5.70. The number of aromatic nitrogens is 2. The Kier molecular flexibility index (Phi) is 8.04. The summed E-state index contributed by atoms with van der Waals surface area (Å²) in [5, 5.41) is 5.35. The Morgan fingerprint density at radius 1 is 0.950 bits per heavy atom. The number of nitrogens with zero attached hydrogens (tertiary/aromatic N) is 6. The third-order valence-electron chi connectivity index (χ3n) is 8.61. The summed E-state index contributed by atoms with van der Waals surface area (Å²) in [6, 6.07) is 20.0. The van der Waals surface area contributed by atoms with Crippen molar-refractivity contribution in [1.29, 1.82) is 0 Å². The lowest BCUT2D eigenvalue weighted by Crippen LogP contribution is -2.56. The van der Waals surface area contributed by atoms with Crippen LogP contribution < -0.4 is 20.0 Å². The molecular weight excluding hydrogens is 502 g/mol. The van der Waals surface area contributed by atoms with Crippen LogP contribution in [0.1, 0.15) is 37.8 Å². The van der Waals surface area contributed by atoms with E-state index in [1.807, 2.05) is 17.2 Å². The number of benzene rings is 2. The molecule has 4 heterocycles. The van der Waals surface area contributed by atoms with E-state index in [1.54, 1.807) is 13.4 Å². The minimum absolute atomic E-state index is 0.125. The van der Waals surface area contributed by atoms with Crippen molar-refractivity contribution in [1.82, 2.24) is 19.8 Å². The second-order valence-electron chi connectivity index (χ2n) is 11.2. The molecule has 3 aliphatic rings. The van der Waals surface area contributed by atoms with Crippen molar-refractivity contribution >= 4 is 23.0 Å². The van der Waals surface area contributed by atoms with Crippen LogP contribution in [0, 0.1) is 0 Å². The van der Waals surface area contributed by atoms with E-state index >= 15 is 0 Å². The second kappa shape index (κ2) is 12.0. The molecule has 1 aromatic heterocycles. The fourth-order valence-electron chi connectivity index (χ4n) is 6.37. The zero-order chi connectivity index (χ0) is 27.5. The number of hydroxylamine groups is 1. The number of hydrogen-bond acceptors (Lipinski definition) is 9. The van der Waals surface area contributed by atoms with Crippen molar-refractivity contribution in [3.05, 3.63) is 66.5 Å². The first kappa shape index (κ1) is 26.8. The van der Waals surface area contributed by atoms with Gasteiger partial charge in [-0.3, -0.25) is 9.74 Å². The maximum atomic E-state index is 5.98. The molecule has 3 aliphatic heterocycles. The average molecular weight is 544 g/mol. The maximum Gasteiger partial charge on any atom is 0.158 e. The van der Waals surface area contributed by atoms with E-state index in [9.17, 15) is 0 Å². The smallest absolute Gasteiger partial charge is 0.158 e. The van der Waals surface area contributed by atoms with E-state index in [0.29, 0.717) is 24.5 Å². The number of hydrogen-bond donors (Lipinski definition) is 1. The van der Waals surface area contributed by atoms with E-state index in [2.05, 4.69) is 86.4 Å². The summed E-state index contributed by atoms with van der Waals surface area (Å²) in [7, 11) is 3.95. The van der Waals surface area contributed by atoms with Gasteiger partial charge in [-0.2, -0.15) is 0 Å². The Hall–Kier alpha value is -3.40. The predicted molar refractivity (Wildman–Crippen MR) is 159 cm³/mol. The van der Waals surface area contributed by atoms with Gasteiger partial charge in [0, 0.05) is 56.0 Å². The van der Waals surface area contributed by atoms with Crippen molar-refractivity contribution < 1.29 is 9.57 Å². The molecule has 2 atom stereocenters. The lowest BCUT2D eigenvalue weighted by atomic mass is 10.0. The molecule has 40 heavy (non-hydrogen) atoms. The van der Waals surface area contributed by atoms with Gasteiger partial charge in [-0.25, -0.2) is 15.0 Å². The first-order valence-electron chi connectivity index (χ1n) is 14.5. The lowest BCUT2D eigenvalue weighted by Gasteiger charge is -2.46. The van der Waals surface area contributed by atoms with Crippen LogP contribution in [-0.4, -0.2) is 85.3 Å². The summed E-state index contributed by atoms with van der Waals surface area (Å²) in [4.78, 5) is 22.6. The molecule has 0 bridgehead atoms. The van der Waals surface area contributed by atoms with Crippen LogP contribution in [0.15, 0.2) is 60.9 Å². The fourth-order valence-corrected chi connectivity index (χ4v) is 6.37. The van der Waals surface area contributed by atoms with Crippen LogP contribution in [0.2, 0.25) is 0 Å².